The minimum absolute atomic E-state index is 0. The van der Waals surface area contributed by atoms with Gasteiger partial charge in [0.2, 0.25) is 0 Å². The molecule has 6 nitrogen and oxygen atoms in total. The van der Waals surface area contributed by atoms with E-state index in [1.807, 2.05) is 0 Å². The molecule has 106 valence electrons. The van der Waals surface area contributed by atoms with E-state index in [0.717, 1.165) is 0 Å². The van der Waals surface area contributed by atoms with Gasteiger partial charge in [-0.15, -0.1) is 0 Å². The summed E-state index contributed by atoms with van der Waals surface area (Å²) in [6.07, 6.45) is 1.58. The van der Waals surface area contributed by atoms with Gasteiger partial charge in [0, 0.05) is 6.42 Å². The minimum atomic E-state index is -1.28. The van der Waals surface area contributed by atoms with Gasteiger partial charge in [-0.2, -0.15) is 0 Å². The van der Waals surface area contributed by atoms with Crippen molar-refractivity contribution in [2.24, 2.45) is 0 Å². The van der Waals surface area contributed by atoms with Gasteiger partial charge in [0.15, 0.2) is 0 Å². The van der Waals surface area contributed by atoms with Crippen LogP contribution in [0.1, 0.15) is 34.1 Å². The van der Waals surface area contributed by atoms with Crippen LogP contribution in [0.2, 0.25) is 0 Å². The van der Waals surface area contributed by atoms with Crippen LogP contribution in [0, 0.1) is 0 Å². The van der Waals surface area contributed by atoms with Crippen LogP contribution in [0.15, 0.2) is 35.9 Å². The molecule has 0 saturated heterocycles. The summed E-state index contributed by atoms with van der Waals surface area (Å²) in [5.74, 6) is -3.26. The molecule has 0 aromatic heterocycles. The number of benzene rings is 1. The van der Waals surface area contributed by atoms with Gasteiger partial charge in [-0.1, -0.05) is 18.2 Å². The number of carboxylic acid groups (broad SMARTS) is 2. The molecule has 1 N–H and O–H groups in total. The first-order valence-electron chi connectivity index (χ1n) is 5.81. The number of rotatable bonds is 6. The average molecular weight is 300 g/mol. The number of carboxylic acids is 2. The largest absolute Gasteiger partial charge is 1.00 e. The summed E-state index contributed by atoms with van der Waals surface area (Å²) in [4.78, 5) is 33.1. The first-order chi connectivity index (χ1) is 9.43. The van der Waals surface area contributed by atoms with Crippen molar-refractivity contribution < 1.29 is 58.9 Å². The smallest absolute Gasteiger partial charge is 0.545 e. The third kappa shape index (κ3) is 6.12. The first-order valence-corrected chi connectivity index (χ1v) is 5.81. The second kappa shape index (κ2) is 9.33. The standard InChI is InChI=1S/C14H14O6.Na/c1-9(12(15)16)5-4-8-20-14(19)11-7-3-2-6-10(11)13(17)18;/h2-3,5-7H,4,8H2,1H3,(H,15,16)(H,17,18);/q;+1/p-1/b9-5+;. The topological polar surface area (TPSA) is 104 Å². The molecule has 0 unspecified atom stereocenters. The molecule has 0 fully saturated rings. The van der Waals surface area contributed by atoms with Crippen LogP contribution >= 0.6 is 0 Å². The molecule has 0 heterocycles. The molecule has 0 bridgehead atoms. The Balaban J connectivity index is 0.00000400. The second-order valence-electron chi connectivity index (χ2n) is 3.95. The van der Waals surface area contributed by atoms with E-state index in [0.29, 0.717) is 0 Å². The van der Waals surface area contributed by atoms with Crippen molar-refractivity contribution in [3.05, 3.63) is 47.0 Å². The zero-order valence-corrected chi connectivity index (χ0v) is 13.8. The van der Waals surface area contributed by atoms with Crippen LogP contribution in [0.3, 0.4) is 0 Å². The van der Waals surface area contributed by atoms with Crippen LogP contribution in [-0.2, 0) is 9.53 Å². The predicted molar refractivity (Wildman–Crippen MR) is 67.1 cm³/mol. The Labute approximate surface area is 143 Å². The maximum atomic E-state index is 11.7. The van der Waals surface area contributed by atoms with Crippen molar-refractivity contribution in [3.8, 4) is 0 Å². The average Bonchev–Trinajstić information content (AvgIpc) is 2.42. The summed E-state index contributed by atoms with van der Waals surface area (Å²) in [6, 6.07) is 5.70. The monoisotopic (exact) mass is 300 g/mol. The Morgan fingerprint density at radius 2 is 1.81 bits per heavy atom. The Kier molecular flexibility index (Phi) is 8.61. The maximum absolute atomic E-state index is 11.7. The molecule has 1 aromatic carbocycles. The van der Waals surface area contributed by atoms with E-state index in [2.05, 4.69) is 0 Å². The Hall–Kier alpha value is -1.63. The van der Waals surface area contributed by atoms with Crippen LogP contribution in [0.25, 0.3) is 0 Å². The van der Waals surface area contributed by atoms with Crippen molar-refractivity contribution in [2.45, 2.75) is 13.3 Å². The molecule has 0 radical (unpaired) electrons. The Morgan fingerprint density at radius 3 is 2.33 bits per heavy atom. The van der Waals surface area contributed by atoms with Crippen molar-refractivity contribution >= 4 is 17.9 Å². The molecule has 21 heavy (non-hydrogen) atoms. The van der Waals surface area contributed by atoms with Crippen LogP contribution in [0.4, 0.5) is 0 Å². The van der Waals surface area contributed by atoms with E-state index in [1.54, 1.807) is 0 Å². The van der Waals surface area contributed by atoms with E-state index in [9.17, 15) is 19.5 Å². The minimum Gasteiger partial charge on any atom is -0.545 e. The second-order valence-corrected chi connectivity index (χ2v) is 3.95. The van der Waals surface area contributed by atoms with Gasteiger partial charge >= 0.3 is 41.5 Å². The van der Waals surface area contributed by atoms with E-state index < -0.39 is 17.9 Å². The molecule has 1 rings (SSSR count). The van der Waals surface area contributed by atoms with Crippen LogP contribution in [-0.4, -0.2) is 29.6 Å². The zero-order chi connectivity index (χ0) is 15.1. The number of ether oxygens (including phenoxy) is 1. The van der Waals surface area contributed by atoms with Gasteiger partial charge in [0.05, 0.1) is 23.7 Å². The fraction of sp³-hybridized carbons (Fsp3) is 0.214. The van der Waals surface area contributed by atoms with Gasteiger partial charge in [-0.25, -0.2) is 9.59 Å². The fourth-order valence-corrected chi connectivity index (χ4v) is 1.44. The van der Waals surface area contributed by atoms with Gasteiger partial charge in [-0.3, -0.25) is 0 Å². The Morgan fingerprint density at radius 1 is 1.24 bits per heavy atom. The fourth-order valence-electron chi connectivity index (χ4n) is 1.44. The van der Waals surface area contributed by atoms with Crippen molar-refractivity contribution in [1.29, 1.82) is 0 Å². The van der Waals surface area contributed by atoms with Gasteiger partial charge in [0.1, 0.15) is 0 Å². The summed E-state index contributed by atoms with van der Waals surface area (Å²) in [5, 5.41) is 19.3. The quantitative estimate of drug-likeness (QED) is 0.273. The molecule has 1 aromatic rings. The number of hydrogen-bond acceptors (Lipinski definition) is 5. The predicted octanol–water partition coefficient (Wildman–Crippen LogP) is -2.37. The number of carbonyl (C=O) groups excluding carboxylic acids is 2. The summed E-state index contributed by atoms with van der Waals surface area (Å²) in [5.41, 5.74) is -0.133. The number of aliphatic carboxylic acids is 1. The number of esters is 1. The third-order valence-corrected chi connectivity index (χ3v) is 2.50. The summed E-state index contributed by atoms with van der Waals surface area (Å²) in [7, 11) is 0. The molecule has 0 aliphatic heterocycles. The van der Waals surface area contributed by atoms with Gasteiger partial charge in [0.25, 0.3) is 0 Å². The third-order valence-electron chi connectivity index (χ3n) is 2.50. The van der Waals surface area contributed by atoms with E-state index in [4.69, 9.17) is 9.84 Å². The molecular weight excluding hydrogens is 287 g/mol. The van der Waals surface area contributed by atoms with E-state index >= 15 is 0 Å². The SMILES string of the molecule is C/C(=C\CCOC(=O)c1ccccc1C(=O)O)C(=O)[O-].[Na+]. The number of aromatic carboxylic acids is 1. The number of carbonyl (C=O) groups is 3. The summed E-state index contributed by atoms with van der Waals surface area (Å²) in [6.45, 7) is 1.33. The molecular formula is C14H13NaO6. The maximum Gasteiger partial charge on any atom is 1.00 e. The summed E-state index contributed by atoms with van der Waals surface area (Å²) >= 11 is 0. The molecule has 0 aliphatic rings. The van der Waals surface area contributed by atoms with E-state index in [-0.39, 0.29) is 59.3 Å². The zero-order valence-electron chi connectivity index (χ0n) is 11.8. The van der Waals surface area contributed by atoms with Crippen molar-refractivity contribution in [1.82, 2.24) is 0 Å². The molecule has 0 spiro atoms. The molecule has 0 amide bonds. The molecule has 7 heteroatoms. The summed E-state index contributed by atoms with van der Waals surface area (Å²) < 4.78 is 4.89. The molecule has 0 atom stereocenters. The molecule has 0 aliphatic carbocycles. The molecule has 0 saturated carbocycles. The van der Waals surface area contributed by atoms with Crippen molar-refractivity contribution in [3.63, 3.8) is 0 Å². The van der Waals surface area contributed by atoms with Gasteiger partial charge in [-0.05, 0) is 24.6 Å². The normalized spacial score (nSPS) is 10.4. The number of hydrogen-bond donors (Lipinski definition) is 1. The Bertz CT molecular complexity index is 564. The van der Waals surface area contributed by atoms with Crippen LogP contribution < -0.4 is 34.7 Å². The first kappa shape index (κ1) is 19.4. The van der Waals surface area contributed by atoms with Crippen molar-refractivity contribution in [2.75, 3.05) is 6.61 Å². The van der Waals surface area contributed by atoms with Gasteiger partial charge < -0.3 is 19.7 Å². The van der Waals surface area contributed by atoms with Crippen LogP contribution in [0.5, 0.6) is 0 Å². The van der Waals surface area contributed by atoms with E-state index in [1.165, 1.54) is 37.3 Å².